The summed E-state index contributed by atoms with van der Waals surface area (Å²) in [5.74, 6) is 0.442. The predicted molar refractivity (Wildman–Crippen MR) is 130 cm³/mol. The van der Waals surface area contributed by atoms with Gasteiger partial charge in [-0.2, -0.15) is 0 Å². The van der Waals surface area contributed by atoms with E-state index >= 15 is 0 Å². The summed E-state index contributed by atoms with van der Waals surface area (Å²) in [6, 6.07) is 16.8. The summed E-state index contributed by atoms with van der Waals surface area (Å²) >= 11 is 6.13. The van der Waals surface area contributed by atoms with Crippen LogP contribution in [-0.4, -0.2) is 45.3 Å². The van der Waals surface area contributed by atoms with E-state index in [0.29, 0.717) is 48.2 Å². The lowest BCUT2D eigenvalue weighted by atomic mass is 10.1. The maximum absolute atomic E-state index is 13.5. The van der Waals surface area contributed by atoms with Gasteiger partial charge in [-0.15, -0.1) is 0 Å². The number of aliphatic hydroxyl groups is 1. The molecule has 8 nitrogen and oxygen atoms in total. The Hall–Kier alpha value is -3.36. The van der Waals surface area contributed by atoms with Gasteiger partial charge in [-0.1, -0.05) is 54.1 Å². The number of ether oxygens (including phenoxy) is 1. The van der Waals surface area contributed by atoms with Gasteiger partial charge in [-0.3, -0.25) is 9.36 Å². The molecule has 0 fully saturated rings. The number of fused-ring (bicyclic) bond motifs is 1. The number of amides is 1. The molecule has 2 heterocycles. The van der Waals surface area contributed by atoms with E-state index in [4.69, 9.17) is 26.4 Å². The molecule has 3 aromatic rings. The third-order valence-corrected chi connectivity index (χ3v) is 5.86. The van der Waals surface area contributed by atoms with Gasteiger partial charge in [0, 0.05) is 31.1 Å². The molecule has 178 valence electrons. The van der Waals surface area contributed by atoms with Crippen LogP contribution < -0.4 is 10.9 Å². The fourth-order valence-corrected chi connectivity index (χ4v) is 4.07. The first-order valence-corrected chi connectivity index (χ1v) is 11.6. The van der Waals surface area contributed by atoms with Crippen LogP contribution in [0.15, 0.2) is 59.4 Å². The zero-order valence-corrected chi connectivity index (χ0v) is 19.5. The van der Waals surface area contributed by atoms with Crippen LogP contribution in [0.25, 0.3) is 0 Å². The number of hydrogen-bond acceptors (Lipinski definition) is 6. The maximum atomic E-state index is 13.5. The molecule has 1 aliphatic rings. The van der Waals surface area contributed by atoms with Gasteiger partial charge in [0.15, 0.2) is 0 Å². The molecule has 1 aliphatic heterocycles. The summed E-state index contributed by atoms with van der Waals surface area (Å²) in [5.41, 5.74) is 2.70. The minimum Gasteiger partial charge on any atom is -0.445 e. The summed E-state index contributed by atoms with van der Waals surface area (Å²) in [4.78, 5) is 32.4. The number of carbonyl (C=O) groups excluding carboxylic acids is 1. The topological polar surface area (TPSA) is 96.7 Å². The zero-order chi connectivity index (χ0) is 23.9. The molecule has 1 aromatic heterocycles. The van der Waals surface area contributed by atoms with Gasteiger partial charge in [0.2, 0.25) is 5.95 Å². The third-order valence-electron chi connectivity index (χ3n) is 5.63. The number of rotatable bonds is 8. The first-order valence-electron chi connectivity index (χ1n) is 11.2. The molecule has 0 spiro atoms. The van der Waals surface area contributed by atoms with Crippen LogP contribution in [0.5, 0.6) is 0 Å². The second-order valence-electron chi connectivity index (χ2n) is 8.10. The molecule has 0 atom stereocenters. The molecule has 9 heteroatoms. The molecule has 0 aliphatic carbocycles. The minimum absolute atomic E-state index is 0.0382. The Morgan fingerprint density at radius 1 is 1.15 bits per heavy atom. The Morgan fingerprint density at radius 3 is 2.71 bits per heavy atom. The number of benzene rings is 2. The Morgan fingerprint density at radius 2 is 1.94 bits per heavy atom. The third kappa shape index (κ3) is 5.76. The zero-order valence-electron chi connectivity index (χ0n) is 18.7. The average Bonchev–Trinajstić information content (AvgIpc) is 2.85. The molecule has 0 unspecified atom stereocenters. The van der Waals surface area contributed by atoms with Crippen LogP contribution in [-0.2, 0) is 30.9 Å². The highest BCUT2D eigenvalue weighted by atomic mass is 35.5. The second-order valence-corrected chi connectivity index (χ2v) is 8.53. The molecule has 34 heavy (non-hydrogen) atoms. The number of anilines is 1. The first-order chi connectivity index (χ1) is 16.5. The summed E-state index contributed by atoms with van der Waals surface area (Å²) in [5, 5.41) is 12.9. The molecule has 2 aromatic carbocycles. The molecule has 0 saturated carbocycles. The van der Waals surface area contributed by atoms with Gasteiger partial charge in [-0.25, -0.2) is 9.78 Å². The lowest BCUT2D eigenvalue weighted by Gasteiger charge is -2.28. The Balaban J connectivity index is 1.56. The molecule has 1 amide bonds. The van der Waals surface area contributed by atoms with Crippen molar-refractivity contribution in [1.29, 1.82) is 0 Å². The highest BCUT2D eigenvalue weighted by molar-refractivity contribution is 6.30. The fourth-order valence-electron chi connectivity index (χ4n) is 3.86. The largest absolute Gasteiger partial charge is 0.445 e. The number of hydrogen-bond donors (Lipinski definition) is 2. The van der Waals surface area contributed by atoms with Gasteiger partial charge in [0.05, 0.1) is 24.3 Å². The highest BCUT2D eigenvalue weighted by Gasteiger charge is 2.27. The predicted octanol–water partition coefficient (Wildman–Crippen LogP) is 3.43. The fraction of sp³-hybridized carbons (Fsp3) is 0.320. The maximum Gasteiger partial charge on any atom is 0.410 e. The molecular formula is C25H27ClN4O4. The van der Waals surface area contributed by atoms with Gasteiger partial charge in [0.1, 0.15) is 6.61 Å². The number of halogens is 1. The molecular weight excluding hydrogens is 456 g/mol. The summed E-state index contributed by atoms with van der Waals surface area (Å²) in [6.45, 7) is 1.53. The van der Waals surface area contributed by atoms with Crippen LogP contribution in [0.2, 0.25) is 5.02 Å². The van der Waals surface area contributed by atoms with E-state index in [9.17, 15) is 9.59 Å². The van der Waals surface area contributed by atoms with Gasteiger partial charge in [0.25, 0.3) is 5.56 Å². The van der Waals surface area contributed by atoms with Crippen LogP contribution in [0, 0.1) is 0 Å². The van der Waals surface area contributed by atoms with Crippen molar-refractivity contribution in [2.75, 3.05) is 25.0 Å². The van der Waals surface area contributed by atoms with E-state index in [1.165, 1.54) is 4.90 Å². The summed E-state index contributed by atoms with van der Waals surface area (Å²) < 4.78 is 7.01. The van der Waals surface area contributed by atoms with E-state index in [2.05, 4.69) is 5.32 Å². The molecule has 0 bridgehead atoms. The van der Waals surface area contributed by atoms with Crippen LogP contribution >= 0.6 is 11.6 Å². The van der Waals surface area contributed by atoms with E-state index in [1.807, 2.05) is 42.5 Å². The minimum atomic E-state index is -0.458. The number of aliphatic hydroxyl groups excluding tert-OH is 1. The van der Waals surface area contributed by atoms with Crippen molar-refractivity contribution in [2.45, 2.75) is 32.5 Å². The van der Waals surface area contributed by atoms with Crippen molar-refractivity contribution in [3.63, 3.8) is 0 Å². The molecule has 2 N–H and O–H groups in total. The van der Waals surface area contributed by atoms with Crippen LogP contribution in [0.4, 0.5) is 10.7 Å². The van der Waals surface area contributed by atoms with Crippen LogP contribution in [0.1, 0.15) is 28.8 Å². The number of carbonyl (C=O) groups is 1. The summed E-state index contributed by atoms with van der Waals surface area (Å²) in [7, 11) is 0. The van der Waals surface area contributed by atoms with E-state index < -0.39 is 6.09 Å². The average molecular weight is 483 g/mol. The SMILES string of the molecule is O=C(OCc1ccccc1)N1CCc2nc(NCCCO)n(Cc3cccc(Cl)c3)c(=O)c2C1. The molecule has 4 rings (SSSR count). The Labute approximate surface area is 202 Å². The quantitative estimate of drug-likeness (QED) is 0.477. The van der Waals surface area contributed by atoms with Crippen molar-refractivity contribution in [3.05, 3.63) is 92.4 Å². The Kier molecular flexibility index (Phi) is 7.82. The lowest BCUT2D eigenvalue weighted by molar-refractivity contribution is 0.0913. The van der Waals surface area contributed by atoms with Crippen molar-refractivity contribution < 1.29 is 14.6 Å². The first kappa shape index (κ1) is 23.8. The van der Waals surface area contributed by atoms with Crippen molar-refractivity contribution >= 4 is 23.6 Å². The summed E-state index contributed by atoms with van der Waals surface area (Å²) in [6.07, 6.45) is 0.531. The van der Waals surface area contributed by atoms with Crippen molar-refractivity contribution in [3.8, 4) is 0 Å². The Bertz CT molecular complexity index is 1200. The standard InChI is InChI=1S/C25H27ClN4O4/c26-20-9-4-8-19(14-20)15-30-23(32)21-16-29(25(33)34-17-18-6-2-1-3-7-18)12-10-22(21)28-24(30)27-11-5-13-31/h1-4,6-9,14,31H,5,10-13,15-17H2,(H,27,28). The normalized spacial score (nSPS) is 12.8. The highest BCUT2D eigenvalue weighted by Crippen LogP contribution is 2.19. The van der Waals surface area contributed by atoms with E-state index in [1.54, 1.807) is 16.7 Å². The molecule has 0 radical (unpaired) electrons. The second kappa shape index (κ2) is 11.2. The van der Waals surface area contributed by atoms with Gasteiger partial charge >= 0.3 is 6.09 Å². The molecule has 0 saturated heterocycles. The monoisotopic (exact) mass is 482 g/mol. The van der Waals surface area contributed by atoms with E-state index in [0.717, 1.165) is 11.1 Å². The van der Waals surface area contributed by atoms with Gasteiger partial charge < -0.3 is 20.1 Å². The van der Waals surface area contributed by atoms with Gasteiger partial charge in [-0.05, 0) is 29.7 Å². The number of aromatic nitrogens is 2. The van der Waals surface area contributed by atoms with E-state index in [-0.39, 0.29) is 31.9 Å². The smallest absolute Gasteiger partial charge is 0.410 e. The number of nitrogens with one attached hydrogen (secondary N) is 1. The number of nitrogens with zero attached hydrogens (tertiary/aromatic N) is 3. The van der Waals surface area contributed by atoms with Crippen molar-refractivity contribution in [1.82, 2.24) is 14.5 Å². The van der Waals surface area contributed by atoms with Crippen molar-refractivity contribution in [2.24, 2.45) is 0 Å². The van der Waals surface area contributed by atoms with Crippen LogP contribution in [0.3, 0.4) is 0 Å². The lowest BCUT2D eigenvalue weighted by Crippen LogP contribution is -2.42.